The maximum absolute atomic E-state index is 12.7. The van der Waals surface area contributed by atoms with E-state index >= 15 is 0 Å². The van der Waals surface area contributed by atoms with E-state index < -0.39 is 0 Å². The first-order chi connectivity index (χ1) is 13.7. The standard InChI is InChI=1S/C22H25N5O/c1-14-5-7-16(8-6-14)23-19-12-11-18-20(22(28)24-17-9-10-17)26-27(21(18)25-19)13-15-3-2-4-15/h5-8,11-12,15,17H,2-4,9-10,13H2,1H3,(H,23,25)(H,24,28). The molecule has 0 saturated heterocycles. The molecule has 2 fully saturated rings. The molecule has 1 aromatic carbocycles. The van der Waals surface area contributed by atoms with Crippen molar-refractivity contribution >= 4 is 28.4 Å². The summed E-state index contributed by atoms with van der Waals surface area (Å²) in [4.78, 5) is 17.5. The minimum absolute atomic E-state index is 0.0825. The molecule has 2 aliphatic rings. The smallest absolute Gasteiger partial charge is 0.272 e. The third kappa shape index (κ3) is 3.46. The molecule has 0 aliphatic heterocycles. The van der Waals surface area contributed by atoms with Crippen LogP contribution in [-0.4, -0.2) is 26.7 Å². The van der Waals surface area contributed by atoms with Crippen molar-refractivity contribution in [3.8, 4) is 0 Å². The zero-order valence-electron chi connectivity index (χ0n) is 16.1. The molecule has 2 aliphatic carbocycles. The monoisotopic (exact) mass is 375 g/mol. The summed E-state index contributed by atoms with van der Waals surface area (Å²) in [5.41, 5.74) is 3.49. The molecule has 2 heterocycles. The normalized spacial score (nSPS) is 16.8. The van der Waals surface area contributed by atoms with Crippen LogP contribution in [0.1, 0.15) is 48.2 Å². The van der Waals surface area contributed by atoms with Crippen molar-refractivity contribution in [2.24, 2.45) is 5.92 Å². The van der Waals surface area contributed by atoms with Crippen molar-refractivity contribution in [2.75, 3.05) is 5.32 Å². The van der Waals surface area contributed by atoms with Gasteiger partial charge in [-0.25, -0.2) is 9.67 Å². The predicted octanol–water partition coefficient (Wildman–Crippen LogP) is 4.18. The van der Waals surface area contributed by atoms with Gasteiger partial charge in [-0.3, -0.25) is 4.79 Å². The molecule has 144 valence electrons. The fourth-order valence-electron chi connectivity index (χ4n) is 3.60. The van der Waals surface area contributed by atoms with Crippen molar-refractivity contribution in [3.05, 3.63) is 47.7 Å². The summed E-state index contributed by atoms with van der Waals surface area (Å²) in [7, 11) is 0. The summed E-state index contributed by atoms with van der Waals surface area (Å²) in [5, 5.41) is 11.9. The number of hydrogen-bond acceptors (Lipinski definition) is 4. The van der Waals surface area contributed by atoms with Crippen molar-refractivity contribution in [1.29, 1.82) is 0 Å². The largest absolute Gasteiger partial charge is 0.348 e. The first kappa shape index (κ1) is 17.2. The summed E-state index contributed by atoms with van der Waals surface area (Å²) in [6, 6.07) is 12.4. The summed E-state index contributed by atoms with van der Waals surface area (Å²) in [5.74, 6) is 1.32. The summed E-state index contributed by atoms with van der Waals surface area (Å²) in [6.45, 7) is 2.90. The fourth-order valence-corrected chi connectivity index (χ4v) is 3.60. The number of hydrogen-bond donors (Lipinski definition) is 2. The number of nitrogens with one attached hydrogen (secondary N) is 2. The van der Waals surface area contributed by atoms with E-state index in [9.17, 15) is 4.79 Å². The van der Waals surface area contributed by atoms with Crippen LogP contribution in [0.15, 0.2) is 36.4 Å². The molecule has 6 heteroatoms. The highest BCUT2D eigenvalue weighted by Crippen LogP contribution is 2.30. The van der Waals surface area contributed by atoms with Crippen LogP contribution in [0.25, 0.3) is 11.0 Å². The van der Waals surface area contributed by atoms with Crippen LogP contribution in [0, 0.1) is 12.8 Å². The number of carbonyl (C=O) groups excluding carboxylic acids is 1. The number of rotatable bonds is 6. The van der Waals surface area contributed by atoms with Crippen LogP contribution in [0.4, 0.5) is 11.5 Å². The van der Waals surface area contributed by atoms with E-state index in [-0.39, 0.29) is 5.91 Å². The van der Waals surface area contributed by atoms with E-state index in [0.717, 1.165) is 41.9 Å². The van der Waals surface area contributed by atoms with Gasteiger partial charge < -0.3 is 10.6 Å². The van der Waals surface area contributed by atoms with Crippen LogP contribution in [0.2, 0.25) is 0 Å². The molecule has 0 unspecified atom stereocenters. The van der Waals surface area contributed by atoms with E-state index in [2.05, 4.69) is 34.8 Å². The number of aromatic nitrogens is 3. The number of pyridine rings is 1. The Hall–Kier alpha value is -2.89. The van der Waals surface area contributed by atoms with Gasteiger partial charge in [0.15, 0.2) is 11.3 Å². The number of nitrogens with zero attached hydrogens (tertiary/aromatic N) is 3. The van der Waals surface area contributed by atoms with Crippen molar-refractivity contribution < 1.29 is 4.79 Å². The van der Waals surface area contributed by atoms with Gasteiger partial charge in [0.2, 0.25) is 0 Å². The molecule has 28 heavy (non-hydrogen) atoms. The minimum Gasteiger partial charge on any atom is -0.348 e. The van der Waals surface area contributed by atoms with Gasteiger partial charge in [-0.05, 0) is 62.8 Å². The van der Waals surface area contributed by atoms with E-state index in [1.165, 1.54) is 24.8 Å². The fraction of sp³-hybridized carbons (Fsp3) is 0.409. The maximum Gasteiger partial charge on any atom is 0.272 e. The predicted molar refractivity (Wildman–Crippen MR) is 110 cm³/mol. The molecule has 2 N–H and O–H groups in total. The third-order valence-corrected chi connectivity index (χ3v) is 5.70. The molecule has 2 saturated carbocycles. The van der Waals surface area contributed by atoms with E-state index in [1.54, 1.807) is 0 Å². The van der Waals surface area contributed by atoms with Crippen LogP contribution in [0.5, 0.6) is 0 Å². The van der Waals surface area contributed by atoms with E-state index in [0.29, 0.717) is 17.7 Å². The summed E-state index contributed by atoms with van der Waals surface area (Å²) in [6.07, 6.45) is 5.87. The number of carbonyl (C=O) groups is 1. The molecule has 1 amide bonds. The number of benzene rings is 1. The Balaban J connectivity index is 1.48. The number of fused-ring (bicyclic) bond motifs is 1. The first-order valence-electron chi connectivity index (χ1n) is 10.2. The molecular formula is C22H25N5O. The lowest BCUT2D eigenvalue weighted by Gasteiger charge is -2.25. The summed E-state index contributed by atoms with van der Waals surface area (Å²) >= 11 is 0. The van der Waals surface area contributed by atoms with Crippen molar-refractivity contribution in [2.45, 2.75) is 51.6 Å². The Morgan fingerprint density at radius 1 is 1.11 bits per heavy atom. The third-order valence-electron chi connectivity index (χ3n) is 5.70. The van der Waals surface area contributed by atoms with Crippen LogP contribution in [-0.2, 0) is 6.54 Å². The average Bonchev–Trinajstić information content (AvgIpc) is 3.39. The van der Waals surface area contributed by atoms with Crippen LogP contribution < -0.4 is 10.6 Å². The molecule has 2 aromatic heterocycles. The Morgan fingerprint density at radius 3 is 2.57 bits per heavy atom. The van der Waals surface area contributed by atoms with E-state index in [1.807, 2.05) is 28.9 Å². The second kappa shape index (κ2) is 6.93. The second-order valence-corrected chi connectivity index (χ2v) is 8.13. The second-order valence-electron chi connectivity index (χ2n) is 8.13. The SMILES string of the molecule is Cc1ccc(Nc2ccc3c(C(=O)NC4CC4)nn(CC4CCC4)c3n2)cc1. The Labute approximate surface area is 164 Å². The quantitative estimate of drug-likeness (QED) is 0.678. The van der Waals surface area contributed by atoms with Gasteiger partial charge in [0, 0.05) is 18.3 Å². The lowest BCUT2D eigenvalue weighted by atomic mass is 9.85. The molecule has 6 nitrogen and oxygen atoms in total. The molecule has 0 bridgehead atoms. The molecule has 0 atom stereocenters. The van der Waals surface area contributed by atoms with Gasteiger partial charge in [-0.2, -0.15) is 5.10 Å². The lowest BCUT2D eigenvalue weighted by molar-refractivity contribution is 0.0946. The molecule has 0 radical (unpaired) electrons. The van der Waals surface area contributed by atoms with Gasteiger partial charge in [0.05, 0.1) is 5.39 Å². The zero-order valence-corrected chi connectivity index (χ0v) is 16.1. The van der Waals surface area contributed by atoms with Crippen LogP contribution in [0.3, 0.4) is 0 Å². The highest BCUT2D eigenvalue weighted by Gasteiger charge is 2.28. The van der Waals surface area contributed by atoms with Crippen molar-refractivity contribution in [3.63, 3.8) is 0 Å². The number of aryl methyl sites for hydroxylation is 1. The Bertz CT molecular complexity index is 1020. The first-order valence-corrected chi connectivity index (χ1v) is 10.2. The average molecular weight is 375 g/mol. The molecule has 0 spiro atoms. The van der Waals surface area contributed by atoms with Crippen LogP contribution >= 0.6 is 0 Å². The molecule has 3 aromatic rings. The van der Waals surface area contributed by atoms with Gasteiger partial charge in [0.25, 0.3) is 5.91 Å². The maximum atomic E-state index is 12.7. The molecule has 5 rings (SSSR count). The van der Waals surface area contributed by atoms with Gasteiger partial charge >= 0.3 is 0 Å². The van der Waals surface area contributed by atoms with Crippen molar-refractivity contribution in [1.82, 2.24) is 20.1 Å². The van der Waals surface area contributed by atoms with Gasteiger partial charge in [-0.1, -0.05) is 24.1 Å². The minimum atomic E-state index is -0.0825. The highest BCUT2D eigenvalue weighted by atomic mass is 16.2. The Morgan fingerprint density at radius 2 is 1.89 bits per heavy atom. The number of amides is 1. The highest BCUT2D eigenvalue weighted by molar-refractivity contribution is 6.04. The van der Waals surface area contributed by atoms with Gasteiger partial charge in [0.1, 0.15) is 5.82 Å². The number of anilines is 2. The Kier molecular flexibility index (Phi) is 4.26. The lowest BCUT2D eigenvalue weighted by Crippen LogP contribution is -2.26. The molecular weight excluding hydrogens is 350 g/mol. The topological polar surface area (TPSA) is 71.8 Å². The zero-order chi connectivity index (χ0) is 19.1. The van der Waals surface area contributed by atoms with Gasteiger partial charge in [-0.15, -0.1) is 0 Å². The summed E-state index contributed by atoms with van der Waals surface area (Å²) < 4.78 is 1.93. The van der Waals surface area contributed by atoms with E-state index in [4.69, 9.17) is 4.98 Å².